The molecule has 0 fully saturated rings. The van der Waals surface area contributed by atoms with Crippen molar-refractivity contribution in [2.45, 2.75) is 96.7 Å². The lowest BCUT2D eigenvalue weighted by Gasteiger charge is -2.27. The number of hydrogen-bond acceptors (Lipinski definition) is 10. The SMILES string of the molecule is COC(=O)/C=C/[C@@H](C)[C@@H](O)/C=C(\C)c1coc(CCC(C)C[C@@H](OC)[C@H](O)[C@H](O)/C=C(\C)C/C=C\C[C@](C)(O)C(=O)O)n1. The van der Waals surface area contributed by atoms with Crippen LogP contribution in [0.3, 0.4) is 0 Å². The van der Waals surface area contributed by atoms with Crippen molar-refractivity contribution < 1.29 is 49.0 Å². The zero-order chi connectivity index (χ0) is 32.7. The van der Waals surface area contributed by atoms with Crippen LogP contribution in [-0.4, -0.2) is 86.7 Å². The standard InChI is InChI=1S/C32H49NO10/c1-20(10-8-9-15-32(5,40)31(38)39)16-26(35)30(37)27(41-6)17-21(2)11-13-28-33-24(19-43-28)23(4)18-25(34)22(3)12-14-29(36)42-7/h8-9,12,14,16,18-19,21-22,25-27,30,34-35,37,40H,10-11,13,15,17H2,1-7H3,(H,38,39)/b9-8-,14-12+,20-16+,23-18+/t21?,22-,25+,26-,27-,30-,32+/m1/s1. The third-order valence-electron chi connectivity index (χ3n) is 7.21. The molecule has 1 heterocycles. The van der Waals surface area contributed by atoms with Crippen LogP contribution in [-0.2, 0) is 25.5 Å². The van der Waals surface area contributed by atoms with Gasteiger partial charge in [-0.1, -0.05) is 49.8 Å². The Morgan fingerprint density at radius 3 is 2.37 bits per heavy atom. The summed E-state index contributed by atoms with van der Waals surface area (Å²) in [6.45, 7) is 8.61. The molecule has 0 spiro atoms. The van der Waals surface area contributed by atoms with Gasteiger partial charge in [0.15, 0.2) is 11.5 Å². The molecular weight excluding hydrogens is 558 g/mol. The minimum atomic E-state index is -1.84. The first kappa shape index (κ1) is 37.9. The summed E-state index contributed by atoms with van der Waals surface area (Å²) in [4.78, 5) is 26.8. The van der Waals surface area contributed by atoms with Gasteiger partial charge in [0.2, 0.25) is 0 Å². The zero-order valence-electron chi connectivity index (χ0n) is 26.3. The fourth-order valence-corrected chi connectivity index (χ4v) is 4.12. The van der Waals surface area contributed by atoms with E-state index in [-0.39, 0.29) is 18.3 Å². The van der Waals surface area contributed by atoms with E-state index in [1.54, 1.807) is 38.2 Å². The summed E-state index contributed by atoms with van der Waals surface area (Å²) in [7, 11) is 2.77. The van der Waals surface area contributed by atoms with Crippen molar-refractivity contribution in [3.8, 4) is 0 Å². The largest absolute Gasteiger partial charge is 0.479 e. The summed E-state index contributed by atoms with van der Waals surface area (Å²) in [5.41, 5.74) is 0.260. The molecule has 0 aliphatic rings. The molecule has 0 bridgehead atoms. The Kier molecular flexibility index (Phi) is 16.4. The molecule has 0 amide bonds. The van der Waals surface area contributed by atoms with Crippen molar-refractivity contribution in [2.75, 3.05) is 14.2 Å². The van der Waals surface area contributed by atoms with Crippen LogP contribution in [0.15, 0.2) is 52.7 Å². The number of carboxylic acid groups (broad SMARTS) is 1. The molecule has 0 aromatic carbocycles. The number of allylic oxidation sites excluding steroid dienone is 3. The first-order valence-electron chi connectivity index (χ1n) is 14.4. The van der Waals surface area contributed by atoms with Crippen molar-refractivity contribution in [2.24, 2.45) is 11.8 Å². The van der Waals surface area contributed by atoms with Gasteiger partial charge in [0.05, 0.1) is 19.3 Å². The number of hydrogen-bond donors (Lipinski definition) is 5. The van der Waals surface area contributed by atoms with E-state index < -0.39 is 42.0 Å². The van der Waals surface area contributed by atoms with Gasteiger partial charge in [0, 0.05) is 31.9 Å². The lowest BCUT2D eigenvalue weighted by atomic mass is 9.93. The molecule has 0 saturated carbocycles. The van der Waals surface area contributed by atoms with E-state index in [1.165, 1.54) is 39.6 Å². The van der Waals surface area contributed by atoms with E-state index in [0.717, 1.165) is 11.1 Å². The molecule has 1 unspecified atom stereocenters. The summed E-state index contributed by atoms with van der Waals surface area (Å²) >= 11 is 0. The van der Waals surface area contributed by atoms with E-state index in [0.29, 0.717) is 37.3 Å². The van der Waals surface area contributed by atoms with Gasteiger partial charge in [-0.3, -0.25) is 0 Å². The molecule has 43 heavy (non-hydrogen) atoms. The third-order valence-corrected chi connectivity index (χ3v) is 7.21. The smallest absolute Gasteiger partial charge is 0.335 e. The number of methoxy groups -OCH3 is 2. The van der Waals surface area contributed by atoms with Crippen molar-refractivity contribution >= 4 is 17.5 Å². The second-order valence-electron chi connectivity index (χ2n) is 11.3. The molecule has 11 nitrogen and oxygen atoms in total. The van der Waals surface area contributed by atoms with Gasteiger partial charge in [-0.05, 0) is 51.5 Å². The van der Waals surface area contributed by atoms with Crippen LogP contribution in [0.1, 0.15) is 71.9 Å². The predicted molar refractivity (Wildman–Crippen MR) is 162 cm³/mol. The molecule has 7 atom stereocenters. The third kappa shape index (κ3) is 13.8. The summed E-state index contributed by atoms with van der Waals surface area (Å²) in [6, 6.07) is 0. The zero-order valence-corrected chi connectivity index (χ0v) is 26.3. The van der Waals surface area contributed by atoms with E-state index in [9.17, 15) is 30.0 Å². The minimum absolute atomic E-state index is 0.0461. The lowest BCUT2D eigenvalue weighted by Crippen LogP contribution is -2.38. The number of nitrogens with zero attached hydrogens (tertiary/aromatic N) is 1. The Morgan fingerprint density at radius 2 is 1.77 bits per heavy atom. The quantitative estimate of drug-likeness (QED) is 0.0881. The molecule has 5 N–H and O–H groups in total. The number of carbonyl (C=O) groups is 2. The number of carbonyl (C=O) groups excluding carboxylic acids is 1. The van der Waals surface area contributed by atoms with Crippen molar-refractivity contribution in [3.63, 3.8) is 0 Å². The number of aryl methyl sites for hydroxylation is 1. The first-order valence-corrected chi connectivity index (χ1v) is 14.4. The Bertz CT molecular complexity index is 1130. The second kappa shape index (κ2) is 18.5. The van der Waals surface area contributed by atoms with Gasteiger partial charge in [-0.15, -0.1) is 0 Å². The van der Waals surface area contributed by atoms with Crippen molar-refractivity contribution in [1.29, 1.82) is 0 Å². The molecule has 0 aliphatic heterocycles. The van der Waals surface area contributed by atoms with Gasteiger partial charge >= 0.3 is 11.9 Å². The number of esters is 1. The Balaban J connectivity index is 2.65. The highest BCUT2D eigenvalue weighted by Crippen LogP contribution is 2.22. The van der Waals surface area contributed by atoms with Crippen LogP contribution in [0, 0.1) is 11.8 Å². The Labute approximate surface area is 254 Å². The second-order valence-corrected chi connectivity index (χ2v) is 11.3. The fourth-order valence-electron chi connectivity index (χ4n) is 4.12. The summed E-state index contributed by atoms with van der Waals surface area (Å²) < 4.78 is 15.7. The highest BCUT2D eigenvalue weighted by Gasteiger charge is 2.28. The van der Waals surface area contributed by atoms with E-state index in [2.05, 4.69) is 9.72 Å². The van der Waals surface area contributed by atoms with Crippen LogP contribution in [0.25, 0.3) is 5.57 Å². The maximum Gasteiger partial charge on any atom is 0.335 e. The summed E-state index contributed by atoms with van der Waals surface area (Å²) in [6.07, 6.45) is 9.20. The Hall–Kier alpha value is -3.09. The molecule has 242 valence electrons. The number of carboxylic acids is 1. The van der Waals surface area contributed by atoms with Crippen LogP contribution in [0.2, 0.25) is 0 Å². The lowest BCUT2D eigenvalue weighted by molar-refractivity contribution is -0.156. The van der Waals surface area contributed by atoms with Crippen LogP contribution in [0.5, 0.6) is 0 Å². The average molecular weight is 608 g/mol. The normalized spacial score (nSPS) is 18.7. The first-order chi connectivity index (χ1) is 20.1. The van der Waals surface area contributed by atoms with Crippen molar-refractivity contribution in [3.05, 3.63) is 59.9 Å². The highest BCUT2D eigenvalue weighted by molar-refractivity contribution is 5.81. The van der Waals surface area contributed by atoms with E-state index in [1.807, 2.05) is 13.8 Å². The van der Waals surface area contributed by atoms with Crippen LogP contribution < -0.4 is 0 Å². The maximum atomic E-state index is 11.3. The number of aromatic nitrogens is 1. The maximum absolute atomic E-state index is 11.3. The molecule has 1 aromatic heterocycles. The predicted octanol–water partition coefficient (Wildman–Crippen LogP) is 3.62. The minimum Gasteiger partial charge on any atom is -0.479 e. The van der Waals surface area contributed by atoms with Gasteiger partial charge in [0.1, 0.15) is 24.2 Å². The topological polar surface area (TPSA) is 180 Å². The van der Waals surface area contributed by atoms with Gasteiger partial charge in [-0.2, -0.15) is 0 Å². The number of aliphatic hydroxyl groups excluding tert-OH is 3. The molecule has 0 saturated heterocycles. The van der Waals surface area contributed by atoms with Gasteiger partial charge < -0.3 is 39.4 Å². The Morgan fingerprint density at radius 1 is 1.09 bits per heavy atom. The highest BCUT2D eigenvalue weighted by atomic mass is 16.5. The van der Waals surface area contributed by atoms with Gasteiger partial charge in [0.25, 0.3) is 0 Å². The molecule has 0 radical (unpaired) electrons. The summed E-state index contributed by atoms with van der Waals surface area (Å²) in [5, 5.41) is 50.4. The van der Waals surface area contributed by atoms with Crippen LogP contribution in [0.4, 0.5) is 0 Å². The molecule has 1 rings (SSSR count). The number of ether oxygens (including phenoxy) is 2. The number of rotatable bonds is 19. The van der Waals surface area contributed by atoms with Gasteiger partial charge in [-0.25, -0.2) is 14.6 Å². The number of oxazole rings is 1. The molecule has 0 aliphatic carbocycles. The molecule has 11 heteroatoms. The van der Waals surface area contributed by atoms with Crippen molar-refractivity contribution in [1.82, 2.24) is 4.98 Å². The number of aliphatic hydroxyl groups is 4. The number of aliphatic carboxylic acids is 1. The average Bonchev–Trinajstić information content (AvgIpc) is 3.44. The summed E-state index contributed by atoms with van der Waals surface area (Å²) in [5.74, 6) is -1.45. The van der Waals surface area contributed by atoms with Crippen LogP contribution >= 0.6 is 0 Å². The molecular formula is C32H49NO10. The monoisotopic (exact) mass is 607 g/mol. The molecule has 1 aromatic rings. The van der Waals surface area contributed by atoms with E-state index >= 15 is 0 Å². The fraction of sp³-hybridized carbons (Fsp3) is 0.594. The van der Waals surface area contributed by atoms with E-state index in [4.69, 9.17) is 14.3 Å².